The molecule has 0 aliphatic heterocycles. The van der Waals surface area contributed by atoms with Gasteiger partial charge in [0.05, 0.1) is 12.4 Å². The van der Waals surface area contributed by atoms with Gasteiger partial charge < -0.3 is 10.1 Å². The smallest absolute Gasteiger partial charge is 0.182 e. The van der Waals surface area contributed by atoms with Gasteiger partial charge in [0.15, 0.2) is 10.8 Å². The minimum atomic E-state index is -0.234. The minimum Gasteiger partial charge on any atom is -0.393 e. The molecule has 2 aromatic heterocycles. The molecule has 1 aliphatic carbocycles. The molecule has 1 saturated carbocycles. The first-order valence-corrected chi connectivity index (χ1v) is 5.66. The molecule has 1 aliphatic rings. The number of aliphatic hydroxyl groups is 1. The van der Waals surface area contributed by atoms with Crippen molar-refractivity contribution in [3.05, 3.63) is 17.3 Å². The zero-order valence-corrected chi connectivity index (χ0v) is 9.28. The van der Waals surface area contributed by atoms with Crippen LogP contribution in [0.3, 0.4) is 0 Å². The Hall–Kier alpha value is -1.20. The molecule has 16 heavy (non-hydrogen) atoms. The van der Waals surface area contributed by atoms with Crippen molar-refractivity contribution in [1.82, 2.24) is 19.9 Å². The summed E-state index contributed by atoms with van der Waals surface area (Å²) >= 11 is 6.03. The fraction of sp³-hybridized carbons (Fsp3) is 0.500. The third kappa shape index (κ3) is 1.56. The van der Waals surface area contributed by atoms with Crippen LogP contribution < -0.4 is 0 Å². The van der Waals surface area contributed by atoms with Crippen LogP contribution in [-0.2, 0) is 0 Å². The first kappa shape index (κ1) is 9.99. The number of H-pyrrole nitrogens is 1. The van der Waals surface area contributed by atoms with Gasteiger partial charge in [-0.05, 0) is 19.3 Å². The topological polar surface area (TPSA) is 74.7 Å². The van der Waals surface area contributed by atoms with Gasteiger partial charge in [0.25, 0.3) is 0 Å². The van der Waals surface area contributed by atoms with E-state index in [4.69, 9.17) is 11.6 Å². The predicted molar refractivity (Wildman–Crippen MR) is 59.3 cm³/mol. The second kappa shape index (κ2) is 3.68. The SMILES string of the molecule is OC1CCC(c2nc(Cl)c3[nH]cnc3n2)C1. The largest absolute Gasteiger partial charge is 0.393 e. The molecule has 0 aromatic carbocycles. The molecule has 6 heteroatoms. The first-order chi connectivity index (χ1) is 7.74. The number of rotatable bonds is 1. The van der Waals surface area contributed by atoms with Crippen LogP contribution in [0.1, 0.15) is 31.0 Å². The van der Waals surface area contributed by atoms with E-state index in [1.54, 1.807) is 6.33 Å². The third-order valence-electron chi connectivity index (χ3n) is 3.03. The molecule has 84 valence electrons. The number of aromatic nitrogens is 4. The molecule has 2 unspecified atom stereocenters. The Bertz CT molecular complexity index is 527. The van der Waals surface area contributed by atoms with E-state index < -0.39 is 0 Å². The van der Waals surface area contributed by atoms with E-state index in [1.165, 1.54) is 0 Å². The number of halogens is 1. The average molecular weight is 239 g/mol. The van der Waals surface area contributed by atoms with Gasteiger partial charge in [-0.3, -0.25) is 0 Å². The molecule has 1 fully saturated rings. The fourth-order valence-electron chi connectivity index (χ4n) is 2.19. The number of aliphatic hydroxyl groups excluding tert-OH is 1. The molecule has 2 aromatic rings. The highest BCUT2D eigenvalue weighted by atomic mass is 35.5. The summed E-state index contributed by atoms with van der Waals surface area (Å²) in [6, 6.07) is 0. The second-order valence-electron chi connectivity index (χ2n) is 4.14. The van der Waals surface area contributed by atoms with Crippen molar-refractivity contribution in [2.24, 2.45) is 0 Å². The molecular formula is C10H11ClN4O. The number of aromatic amines is 1. The maximum Gasteiger partial charge on any atom is 0.182 e. The van der Waals surface area contributed by atoms with Crippen LogP contribution >= 0.6 is 11.6 Å². The van der Waals surface area contributed by atoms with Crippen LogP contribution in [0.25, 0.3) is 11.2 Å². The monoisotopic (exact) mass is 238 g/mol. The van der Waals surface area contributed by atoms with Crippen LogP contribution in [0.5, 0.6) is 0 Å². The van der Waals surface area contributed by atoms with Crippen molar-refractivity contribution in [3.8, 4) is 0 Å². The van der Waals surface area contributed by atoms with Crippen LogP contribution in [0.15, 0.2) is 6.33 Å². The summed E-state index contributed by atoms with van der Waals surface area (Å²) in [5.41, 5.74) is 1.26. The van der Waals surface area contributed by atoms with Gasteiger partial charge in [-0.25, -0.2) is 15.0 Å². The van der Waals surface area contributed by atoms with E-state index in [1.807, 2.05) is 0 Å². The molecule has 0 saturated heterocycles. The van der Waals surface area contributed by atoms with Crippen molar-refractivity contribution in [3.63, 3.8) is 0 Å². The van der Waals surface area contributed by atoms with Crippen LogP contribution in [-0.4, -0.2) is 31.1 Å². The van der Waals surface area contributed by atoms with Crippen LogP contribution in [0.2, 0.25) is 5.15 Å². The van der Waals surface area contributed by atoms with Crippen molar-refractivity contribution in [1.29, 1.82) is 0 Å². The number of nitrogens with one attached hydrogen (secondary N) is 1. The Labute approximate surface area is 96.9 Å². The van der Waals surface area contributed by atoms with E-state index in [0.29, 0.717) is 28.6 Å². The molecule has 0 spiro atoms. The normalized spacial score (nSPS) is 25.4. The molecule has 0 bridgehead atoms. The van der Waals surface area contributed by atoms with Gasteiger partial charge in [0.1, 0.15) is 11.3 Å². The summed E-state index contributed by atoms with van der Waals surface area (Å²) in [4.78, 5) is 15.6. The van der Waals surface area contributed by atoms with Gasteiger partial charge in [-0.2, -0.15) is 0 Å². The summed E-state index contributed by atoms with van der Waals surface area (Å²) in [5, 5.41) is 9.89. The molecule has 2 atom stereocenters. The molecular weight excluding hydrogens is 228 g/mol. The van der Waals surface area contributed by atoms with E-state index in [-0.39, 0.29) is 12.0 Å². The van der Waals surface area contributed by atoms with E-state index in [9.17, 15) is 5.11 Å². The lowest BCUT2D eigenvalue weighted by molar-refractivity contribution is 0.181. The molecule has 5 nitrogen and oxygen atoms in total. The summed E-state index contributed by atoms with van der Waals surface area (Å²) in [5.74, 6) is 0.898. The number of nitrogens with zero attached hydrogens (tertiary/aromatic N) is 3. The molecule has 2 heterocycles. The zero-order chi connectivity index (χ0) is 11.1. The quantitative estimate of drug-likeness (QED) is 0.741. The molecule has 2 N–H and O–H groups in total. The predicted octanol–water partition coefficient (Wildman–Crippen LogP) is 1.63. The number of hydrogen-bond acceptors (Lipinski definition) is 4. The highest BCUT2D eigenvalue weighted by molar-refractivity contribution is 6.33. The van der Waals surface area contributed by atoms with E-state index in [2.05, 4.69) is 19.9 Å². The summed E-state index contributed by atoms with van der Waals surface area (Å²) in [6.45, 7) is 0. The fourth-order valence-corrected chi connectivity index (χ4v) is 2.41. The molecule has 3 rings (SSSR count). The molecule has 0 radical (unpaired) electrons. The Morgan fingerprint density at radius 3 is 3.00 bits per heavy atom. The third-order valence-corrected chi connectivity index (χ3v) is 3.30. The average Bonchev–Trinajstić information content (AvgIpc) is 2.85. The Morgan fingerprint density at radius 2 is 2.25 bits per heavy atom. The second-order valence-corrected chi connectivity index (χ2v) is 4.50. The van der Waals surface area contributed by atoms with Gasteiger partial charge in [-0.15, -0.1) is 0 Å². The van der Waals surface area contributed by atoms with Gasteiger partial charge in [0.2, 0.25) is 0 Å². The lowest BCUT2D eigenvalue weighted by Crippen LogP contribution is -2.04. The number of fused-ring (bicyclic) bond motifs is 1. The Balaban J connectivity index is 2.04. The molecule has 0 amide bonds. The summed E-state index contributed by atoms with van der Waals surface area (Å²) in [6.07, 6.45) is 3.75. The van der Waals surface area contributed by atoms with E-state index >= 15 is 0 Å². The van der Waals surface area contributed by atoms with E-state index in [0.717, 1.165) is 12.8 Å². The first-order valence-electron chi connectivity index (χ1n) is 5.28. The van der Waals surface area contributed by atoms with Gasteiger partial charge in [0, 0.05) is 5.92 Å². The highest BCUT2D eigenvalue weighted by Crippen LogP contribution is 2.33. The van der Waals surface area contributed by atoms with Crippen LogP contribution in [0, 0.1) is 0 Å². The minimum absolute atomic E-state index is 0.202. The Morgan fingerprint density at radius 1 is 1.38 bits per heavy atom. The maximum atomic E-state index is 9.49. The van der Waals surface area contributed by atoms with Crippen molar-refractivity contribution >= 4 is 22.8 Å². The van der Waals surface area contributed by atoms with Gasteiger partial charge >= 0.3 is 0 Å². The number of hydrogen-bond donors (Lipinski definition) is 2. The van der Waals surface area contributed by atoms with Gasteiger partial charge in [-0.1, -0.05) is 11.6 Å². The lowest BCUT2D eigenvalue weighted by Gasteiger charge is -2.07. The lowest BCUT2D eigenvalue weighted by atomic mass is 10.1. The van der Waals surface area contributed by atoms with Crippen molar-refractivity contribution < 1.29 is 5.11 Å². The van der Waals surface area contributed by atoms with Crippen molar-refractivity contribution in [2.45, 2.75) is 31.3 Å². The maximum absolute atomic E-state index is 9.49. The zero-order valence-electron chi connectivity index (χ0n) is 8.52. The highest BCUT2D eigenvalue weighted by Gasteiger charge is 2.27. The summed E-state index contributed by atoms with van der Waals surface area (Å²) in [7, 11) is 0. The van der Waals surface area contributed by atoms with Crippen LogP contribution in [0.4, 0.5) is 0 Å². The van der Waals surface area contributed by atoms with Crippen molar-refractivity contribution in [2.75, 3.05) is 0 Å². The Kier molecular flexibility index (Phi) is 2.29. The standard InChI is InChI=1S/C10H11ClN4O/c11-8-7-10(13-4-12-7)15-9(14-8)5-1-2-6(16)3-5/h4-6,16H,1-3H2,(H,12,13,14,15). The number of imidazole rings is 1. The summed E-state index contributed by atoms with van der Waals surface area (Å²) < 4.78 is 0.